The average molecular weight is 180 g/mol. The minimum Gasteiger partial charge on any atom is -0.317 e. The van der Waals surface area contributed by atoms with E-state index in [0.29, 0.717) is 5.92 Å². The van der Waals surface area contributed by atoms with E-state index in [2.05, 4.69) is 10.3 Å². The molecular weight excluding hydrogens is 167 g/mol. The van der Waals surface area contributed by atoms with Gasteiger partial charge in [0.25, 0.3) is 0 Å². The Morgan fingerprint density at radius 3 is 2.85 bits per heavy atom. The van der Waals surface area contributed by atoms with Crippen LogP contribution < -0.4 is 5.32 Å². The quantitative estimate of drug-likeness (QED) is 0.665. The Balaban J connectivity index is 2.18. The van der Waals surface area contributed by atoms with Crippen LogP contribution in [-0.4, -0.2) is 18.1 Å². The molecule has 1 N–H and O–H groups in total. The highest BCUT2D eigenvalue weighted by molar-refractivity contribution is 5.17. The Morgan fingerprint density at radius 1 is 1.38 bits per heavy atom. The van der Waals surface area contributed by atoms with Gasteiger partial charge in [-0.25, -0.2) is 4.98 Å². The molecule has 0 bridgehead atoms. The van der Waals surface area contributed by atoms with E-state index >= 15 is 0 Å². The highest BCUT2D eigenvalue weighted by atomic mass is 19.1. The van der Waals surface area contributed by atoms with Crippen LogP contribution in [0.1, 0.15) is 24.3 Å². The number of hydrogen-bond donors (Lipinski definition) is 1. The smallest absolute Gasteiger partial charge is 0.216 e. The van der Waals surface area contributed by atoms with Gasteiger partial charge in [-0.15, -0.1) is 0 Å². The Bertz CT molecular complexity index is 282. The standard InChI is InChI=1S/C10H13FN2/c11-10-9(2-1-5-13-10)8-3-6-12-7-4-8/h1-2,5,8,12H,3-4,6-7H2. The summed E-state index contributed by atoms with van der Waals surface area (Å²) in [5.74, 6) is 0.0596. The number of nitrogens with one attached hydrogen (secondary N) is 1. The molecule has 0 unspecified atom stereocenters. The molecule has 2 rings (SSSR count). The van der Waals surface area contributed by atoms with Gasteiger partial charge in [0.1, 0.15) is 0 Å². The third-order valence-corrected chi connectivity index (χ3v) is 2.57. The van der Waals surface area contributed by atoms with Crippen LogP contribution >= 0.6 is 0 Å². The van der Waals surface area contributed by atoms with E-state index in [1.165, 1.54) is 6.20 Å². The molecule has 1 aliphatic heterocycles. The lowest BCUT2D eigenvalue weighted by Gasteiger charge is -2.22. The molecule has 1 aromatic heterocycles. The first-order valence-corrected chi connectivity index (χ1v) is 4.69. The number of hydrogen-bond acceptors (Lipinski definition) is 2. The Hall–Kier alpha value is -0.960. The van der Waals surface area contributed by atoms with Gasteiger partial charge in [0.2, 0.25) is 5.95 Å². The predicted molar refractivity (Wildman–Crippen MR) is 49.0 cm³/mol. The third-order valence-electron chi connectivity index (χ3n) is 2.57. The van der Waals surface area contributed by atoms with Gasteiger partial charge in [0.15, 0.2) is 0 Å². The molecule has 2 heterocycles. The van der Waals surface area contributed by atoms with Crippen LogP contribution in [0.4, 0.5) is 4.39 Å². The second-order valence-electron chi connectivity index (χ2n) is 3.41. The van der Waals surface area contributed by atoms with Crippen molar-refractivity contribution in [3.63, 3.8) is 0 Å². The van der Waals surface area contributed by atoms with Crippen LogP contribution in [0.25, 0.3) is 0 Å². The molecule has 1 aromatic rings. The molecule has 3 heteroatoms. The second kappa shape index (κ2) is 3.83. The molecule has 0 radical (unpaired) electrons. The van der Waals surface area contributed by atoms with Crippen molar-refractivity contribution in [3.05, 3.63) is 29.8 Å². The summed E-state index contributed by atoms with van der Waals surface area (Å²) in [5, 5.41) is 3.26. The van der Waals surface area contributed by atoms with Gasteiger partial charge in [-0.3, -0.25) is 0 Å². The van der Waals surface area contributed by atoms with Crippen molar-refractivity contribution in [1.82, 2.24) is 10.3 Å². The largest absolute Gasteiger partial charge is 0.317 e. The lowest BCUT2D eigenvalue weighted by atomic mass is 9.91. The molecular formula is C10H13FN2. The summed E-state index contributed by atoms with van der Waals surface area (Å²) in [5.41, 5.74) is 0.781. The number of piperidine rings is 1. The molecule has 0 aromatic carbocycles. The molecule has 13 heavy (non-hydrogen) atoms. The predicted octanol–water partition coefficient (Wildman–Crippen LogP) is 1.69. The summed E-state index contributed by atoms with van der Waals surface area (Å²) in [6.45, 7) is 1.97. The highest BCUT2D eigenvalue weighted by Gasteiger charge is 2.18. The molecule has 2 nitrogen and oxygen atoms in total. The molecule has 1 aliphatic rings. The number of nitrogens with zero attached hydrogens (tertiary/aromatic N) is 1. The van der Waals surface area contributed by atoms with Crippen molar-refractivity contribution in [3.8, 4) is 0 Å². The monoisotopic (exact) mass is 180 g/mol. The summed E-state index contributed by atoms with van der Waals surface area (Å²) in [6, 6.07) is 3.65. The van der Waals surface area contributed by atoms with Gasteiger partial charge in [-0.1, -0.05) is 6.07 Å². The SMILES string of the molecule is Fc1ncccc1C1CCNCC1. The first-order valence-electron chi connectivity index (χ1n) is 4.69. The van der Waals surface area contributed by atoms with Crippen LogP contribution in [-0.2, 0) is 0 Å². The minimum atomic E-state index is -0.297. The third kappa shape index (κ3) is 1.86. The Morgan fingerprint density at radius 2 is 2.15 bits per heavy atom. The van der Waals surface area contributed by atoms with E-state index in [-0.39, 0.29) is 5.95 Å². The summed E-state index contributed by atoms with van der Waals surface area (Å²) < 4.78 is 13.2. The van der Waals surface area contributed by atoms with Crippen molar-refractivity contribution in [2.45, 2.75) is 18.8 Å². The topological polar surface area (TPSA) is 24.9 Å². The van der Waals surface area contributed by atoms with Gasteiger partial charge in [0.05, 0.1) is 0 Å². The number of halogens is 1. The van der Waals surface area contributed by atoms with Gasteiger partial charge in [-0.05, 0) is 37.9 Å². The highest BCUT2D eigenvalue weighted by Crippen LogP contribution is 2.25. The Labute approximate surface area is 77.2 Å². The van der Waals surface area contributed by atoms with E-state index in [9.17, 15) is 4.39 Å². The van der Waals surface area contributed by atoms with E-state index in [1.54, 1.807) is 6.07 Å². The van der Waals surface area contributed by atoms with Crippen LogP contribution in [0.15, 0.2) is 18.3 Å². The first kappa shape index (κ1) is 8.63. The molecule has 0 saturated carbocycles. The van der Waals surface area contributed by atoms with Crippen molar-refractivity contribution >= 4 is 0 Å². The second-order valence-corrected chi connectivity index (χ2v) is 3.41. The molecule has 0 atom stereocenters. The number of rotatable bonds is 1. The lowest BCUT2D eigenvalue weighted by molar-refractivity contribution is 0.438. The molecule has 0 spiro atoms. The van der Waals surface area contributed by atoms with Crippen LogP contribution in [0, 0.1) is 5.95 Å². The van der Waals surface area contributed by atoms with Crippen molar-refractivity contribution in [2.75, 3.05) is 13.1 Å². The van der Waals surface area contributed by atoms with E-state index in [1.807, 2.05) is 6.07 Å². The van der Waals surface area contributed by atoms with Crippen molar-refractivity contribution < 1.29 is 4.39 Å². The lowest BCUT2D eigenvalue weighted by Crippen LogP contribution is -2.27. The summed E-state index contributed by atoms with van der Waals surface area (Å²) in [7, 11) is 0. The first-order chi connectivity index (χ1) is 6.38. The van der Waals surface area contributed by atoms with E-state index < -0.39 is 0 Å². The maximum absolute atomic E-state index is 13.2. The van der Waals surface area contributed by atoms with Gasteiger partial charge in [-0.2, -0.15) is 4.39 Å². The molecule has 0 aliphatic carbocycles. The fourth-order valence-corrected chi connectivity index (χ4v) is 1.84. The van der Waals surface area contributed by atoms with Crippen LogP contribution in [0.5, 0.6) is 0 Å². The van der Waals surface area contributed by atoms with Gasteiger partial charge in [0, 0.05) is 11.8 Å². The zero-order valence-electron chi connectivity index (χ0n) is 7.46. The minimum absolute atomic E-state index is 0.297. The molecule has 0 amide bonds. The van der Waals surface area contributed by atoms with Crippen LogP contribution in [0.3, 0.4) is 0 Å². The van der Waals surface area contributed by atoms with Gasteiger partial charge < -0.3 is 5.32 Å². The summed E-state index contributed by atoms with van der Waals surface area (Å²) in [6.07, 6.45) is 3.53. The van der Waals surface area contributed by atoms with Crippen molar-refractivity contribution in [2.24, 2.45) is 0 Å². The van der Waals surface area contributed by atoms with Crippen molar-refractivity contribution in [1.29, 1.82) is 0 Å². The number of pyridine rings is 1. The Kier molecular flexibility index (Phi) is 2.54. The van der Waals surface area contributed by atoms with Crippen LogP contribution in [0.2, 0.25) is 0 Å². The van der Waals surface area contributed by atoms with Gasteiger partial charge >= 0.3 is 0 Å². The molecule has 1 fully saturated rings. The average Bonchev–Trinajstić information content (AvgIpc) is 2.20. The maximum atomic E-state index is 13.2. The maximum Gasteiger partial charge on any atom is 0.216 e. The fraction of sp³-hybridized carbons (Fsp3) is 0.500. The molecule has 70 valence electrons. The zero-order chi connectivity index (χ0) is 9.10. The summed E-state index contributed by atoms with van der Waals surface area (Å²) >= 11 is 0. The zero-order valence-corrected chi connectivity index (χ0v) is 7.46. The fourth-order valence-electron chi connectivity index (χ4n) is 1.84. The molecule has 1 saturated heterocycles. The normalized spacial score (nSPS) is 18.8. The van der Waals surface area contributed by atoms with E-state index in [4.69, 9.17) is 0 Å². The number of aromatic nitrogens is 1. The summed E-state index contributed by atoms with van der Waals surface area (Å²) in [4.78, 5) is 3.67. The van der Waals surface area contributed by atoms with E-state index in [0.717, 1.165) is 31.5 Å².